The van der Waals surface area contributed by atoms with Gasteiger partial charge in [-0.1, -0.05) is 38.3 Å². The van der Waals surface area contributed by atoms with Crippen LogP contribution >= 0.6 is 0 Å². The molecule has 1 aliphatic carbocycles. The molecule has 1 saturated heterocycles. The zero-order chi connectivity index (χ0) is 18.4. The van der Waals surface area contributed by atoms with Crippen molar-refractivity contribution < 1.29 is 14.3 Å². The van der Waals surface area contributed by atoms with Gasteiger partial charge < -0.3 is 15.0 Å². The van der Waals surface area contributed by atoms with Gasteiger partial charge in [0.15, 0.2) is 0 Å². The number of nitrogens with zero attached hydrogens (tertiary/aromatic N) is 1. The lowest BCUT2D eigenvalue weighted by Gasteiger charge is -2.23. The van der Waals surface area contributed by atoms with Gasteiger partial charge in [0.25, 0.3) is 0 Å². The highest BCUT2D eigenvalue weighted by Crippen LogP contribution is 2.29. The van der Waals surface area contributed by atoms with Crippen LogP contribution in [0.25, 0.3) is 0 Å². The van der Waals surface area contributed by atoms with Crippen molar-refractivity contribution in [2.75, 3.05) is 13.2 Å². The Bertz CT molecular complexity index is 625. The van der Waals surface area contributed by atoms with Gasteiger partial charge in [0.2, 0.25) is 11.8 Å². The van der Waals surface area contributed by atoms with Crippen molar-refractivity contribution in [2.24, 2.45) is 5.92 Å². The van der Waals surface area contributed by atoms with Crippen molar-refractivity contribution in [3.63, 3.8) is 0 Å². The first kappa shape index (κ1) is 18.7. The number of hydrogen-bond donors (Lipinski definition) is 1. The molecule has 26 heavy (non-hydrogen) atoms. The van der Waals surface area contributed by atoms with E-state index in [1.54, 1.807) is 0 Å². The van der Waals surface area contributed by atoms with Crippen LogP contribution < -0.4 is 10.1 Å². The van der Waals surface area contributed by atoms with Crippen LogP contribution in [0.5, 0.6) is 5.75 Å². The molecule has 1 saturated carbocycles. The van der Waals surface area contributed by atoms with E-state index in [0.717, 1.165) is 37.0 Å². The second-order valence-corrected chi connectivity index (χ2v) is 7.45. The van der Waals surface area contributed by atoms with E-state index in [1.807, 2.05) is 29.2 Å². The number of hydrogen-bond acceptors (Lipinski definition) is 3. The van der Waals surface area contributed by atoms with Crippen LogP contribution in [-0.2, 0) is 16.1 Å². The van der Waals surface area contributed by atoms with E-state index < -0.39 is 0 Å². The highest BCUT2D eigenvalue weighted by Gasteiger charge is 2.38. The van der Waals surface area contributed by atoms with E-state index in [1.165, 1.54) is 12.8 Å². The molecule has 1 atom stereocenters. The van der Waals surface area contributed by atoms with Crippen molar-refractivity contribution >= 4 is 11.8 Å². The van der Waals surface area contributed by atoms with Crippen molar-refractivity contribution in [1.29, 1.82) is 0 Å². The first-order valence-corrected chi connectivity index (χ1v) is 9.96. The Morgan fingerprint density at radius 3 is 2.88 bits per heavy atom. The Labute approximate surface area is 156 Å². The number of rotatable bonds is 8. The predicted octanol–water partition coefficient (Wildman–Crippen LogP) is 3.27. The molecule has 142 valence electrons. The van der Waals surface area contributed by atoms with E-state index in [0.29, 0.717) is 32.2 Å². The molecule has 0 radical (unpaired) electrons. The molecule has 1 N–H and O–H groups in total. The second-order valence-electron chi connectivity index (χ2n) is 7.45. The zero-order valence-corrected chi connectivity index (χ0v) is 15.7. The summed E-state index contributed by atoms with van der Waals surface area (Å²) in [5, 5.41) is 2.99. The van der Waals surface area contributed by atoms with Gasteiger partial charge in [0.1, 0.15) is 5.75 Å². The average Bonchev–Trinajstić information content (AvgIpc) is 3.30. The van der Waals surface area contributed by atoms with Crippen LogP contribution in [0.3, 0.4) is 0 Å². The van der Waals surface area contributed by atoms with Crippen LogP contribution in [-0.4, -0.2) is 35.9 Å². The largest absolute Gasteiger partial charge is 0.494 e. The molecular formula is C21H30N2O3. The third-order valence-corrected chi connectivity index (χ3v) is 5.43. The number of benzene rings is 1. The summed E-state index contributed by atoms with van der Waals surface area (Å²) in [6.45, 7) is 3.90. The zero-order valence-electron chi connectivity index (χ0n) is 15.7. The molecule has 5 heteroatoms. The molecule has 0 bridgehead atoms. The normalized spacial score (nSPS) is 20.6. The summed E-state index contributed by atoms with van der Waals surface area (Å²) in [6, 6.07) is 8.20. The number of ether oxygens (including phenoxy) is 1. The van der Waals surface area contributed by atoms with E-state index >= 15 is 0 Å². The summed E-state index contributed by atoms with van der Waals surface area (Å²) >= 11 is 0. The van der Waals surface area contributed by atoms with E-state index in [-0.39, 0.29) is 17.7 Å². The quantitative estimate of drug-likeness (QED) is 0.726. The summed E-state index contributed by atoms with van der Waals surface area (Å²) in [7, 11) is 0. The lowest BCUT2D eigenvalue weighted by atomic mass is 10.1. The third-order valence-electron chi connectivity index (χ3n) is 5.43. The van der Waals surface area contributed by atoms with Gasteiger partial charge >= 0.3 is 0 Å². The van der Waals surface area contributed by atoms with Crippen LogP contribution in [0.4, 0.5) is 0 Å². The van der Waals surface area contributed by atoms with Gasteiger partial charge in [-0.15, -0.1) is 0 Å². The van der Waals surface area contributed by atoms with Gasteiger partial charge in [-0.25, -0.2) is 0 Å². The minimum Gasteiger partial charge on any atom is -0.494 e. The maximum Gasteiger partial charge on any atom is 0.225 e. The minimum absolute atomic E-state index is 0.0175. The van der Waals surface area contributed by atoms with Gasteiger partial charge in [0.05, 0.1) is 12.5 Å². The Morgan fingerprint density at radius 2 is 2.12 bits per heavy atom. The van der Waals surface area contributed by atoms with Crippen LogP contribution in [0.2, 0.25) is 0 Å². The fourth-order valence-electron chi connectivity index (χ4n) is 3.89. The van der Waals surface area contributed by atoms with Gasteiger partial charge in [-0.3, -0.25) is 9.59 Å². The number of likely N-dealkylation sites (tertiary alicyclic amines) is 1. The predicted molar refractivity (Wildman–Crippen MR) is 101 cm³/mol. The Morgan fingerprint density at radius 1 is 1.31 bits per heavy atom. The Kier molecular flexibility index (Phi) is 6.53. The lowest BCUT2D eigenvalue weighted by Crippen LogP contribution is -2.36. The fraction of sp³-hybridized carbons (Fsp3) is 0.619. The molecule has 2 amide bonds. The monoisotopic (exact) mass is 358 g/mol. The van der Waals surface area contributed by atoms with Gasteiger partial charge in [0, 0.05) is 25.6 Å². The Hall–Kier alpha value is -2.04. The van der Waals surface area contributed by atoms with E-state index in [9.17, 15) is 9.59 Å². The smallest absolute Gasteiger partial charge is 0.225 e. The van der Waals surface area contributed by atoms with E-state index in [2.05, 4.69) is 12.2 Å². The SMILES string of the molecule is CCCCOc1cccc(CNC(=O)C2CC(=O)N(C3CCCC3)C2)c1. The van der Waals surface area contributed by atoms with Crippen LogP contribution in [0, 0.1) is 5.92 Å². The highest BCUT2D eigenvalue weighted by atomic mass is 16.5. The average molecular weight is 358 g/mol. The Balaban J connectivity index is 1.48. The van der Waals surface area contributed by atoms with E-state index in [4.69, 9.17) is 4.74 Å². The first-order valence-electron chi connectivity index (χ1n) is 9.96. The lowest BCUT2D eigenvalue weighted by molar-refractivity contribution is -0.130. The fourth-order valence-corrected chi connectivity index (χ4v) is 3.89. The number of carbonyl (C=O) groups excluding carboxylic acids is 2. The second kappa shape index (κ2) is 9.06. The summed E-state index contributed by atoms with van der Waals surface area (Å²) in [6.07, 6.45) is 7.06. The van der Waals surface area contributed by atoms with Gasteiger partial charge in [-0.05, 0) is 37.0 Å². The molecule has 0 spiro atoms. The number of nitrogens with one attached hydrogen (secondary N) is 1. The standard InChI is InChI=1S/C21H30N2O3/c1-2-3-11-26-19-10-6-7-16(12-19)14-22-21(25)17-13-20(24)23(15-17)18-8-4-5-9-18/h6-7,10,12,17-18H,2-5,8-9,11,13-15H2,1H3,(H,22,25). The highest BCUT2D eigenvalue weighted by molar-refractivity contribution is 5.89. The molecule has 1 heterocycles. The van der Waals surface area contributed by atoms with Crippen LogP contribution in [0.15, 0.2) is 24.3 Å². The summed E-state index contributed by atoms with van der Waals surface area (Å²) < 4.78 is 5.71. The maximum absolute atomic E-state index is 12.5. The third kappa shape index (κ3) is 4.77. The van der Waals surface area contributed by atoms with Crippen molar-refractivity contribution in [2.45, 2.75) is 64.5 Å². The van der Waals surface area contributed by atoms with Gasteiger partial charge in [-0.2, -0.15) is 0 Å². The summed E-state index contributed by atoms with van der Waals surface area (Å²) in [5.74, 6) is 0.750. The number of carbonyl (C=O) groups is 2. The molecule has 1 aromatic rings. The number of amides is 2. The molecule has 1 unspecified atom stereocenters. The summed E-state index contributed by atoms with van der Waals surface area (Å²) in [5.41, 5.74) is 1.02. The van der Waals surface area contributed by atoms with Crippen molar-refractivity contribution in [3.8, 4) is 5.75 Å². The first-order chi connectivity index (χ1) is 12.7. The molecule has 5 nitrogen and oxygen atoms in total. The molecule has 2 fully saturated rings. The molecule has 2 aliphatic rings. The van der Waals surface area contributed by atoms with Crippen molar-refractivity contribution in [3.05, 3.63) is 29.8 Å². The minimum atomic E-state index is -0.216. The molecule has 1 aromatic carbocycles. The molecular weight excluding hydrogens is 328 g/mol. The molecule has 3 rings (SSSR count). The van der Waals surface area contributed by atoms with Crippen LogP contribution in [0.1, 0.15) is 57.4 Å². The maximum atomic E-state index is 12.5. The molecule has 0 aromatic heterocycles. The number of unbranched alkanes of at least 4 members (excludes halogenated alkanes) is 1. The van der Waals surface area contributed by atoms with Crippen molar-refractivity contribution in [1.82, 2.24) is 10.2 Å². The summed E-state index contributed by atoms with van der Waals surface area (Å²) in [4.78, 5) is 26.7. The molecule has 1 aliphatic heterocycles. The topological polar surface area (TPSA) is 58.6 Å².